The quantitative estimate of drug-likeness (QED) is 0.710. The third kappa shape index (κ3) is 3.36. The Labute approximate surface area is 79.4 Å². The van der Waals surface area contributed by atoms with Gasteiger partial charge in [0.15, 0.2) is 0 Å². The molecule has 2 N–H and O–H groups in total. The van der Waals surface area contributed by atoms with Gasteiger partial charge in [-0.3, -0.25) is 0 Å². The van der Waals surface area contributed by atoms with Crippen molar-refractivity contribution < 1.29 is 0 Å². The first-order valence-electron chi connectivity index (χ1n) is 4.84. The summed E-state index contributed by atoms with van der Waals surface area (Å²) >= 11 is 0. The lowest BCUT2D eigenvalue weighted by molar-refractivity contribution is 0.730. The Kier molecular flexibility index (Phi) is 5.26. The van der Waals surface area contributed by atoms with Gasteiger partial charge in [-0.1, -0.05) is 20.8 Å². The van der Waals surface area contributed by atoms with Gasteiger partial charge in [0.25, 0.3) is 0 Å². The molecular formula is C10H25NS. The summed E-state index contributed by atoms with van der Waals surface area (Å²) in [5.74, 6) is 0. The Bertz CT molecular complexity index is 121. The van der Waals surface area contributed by atoms with Crippen molar-refractivity contribution in [2.75, 3.05) is 19.1 Å². The molecule has 0 rings (SSSR count). The lowest BCUT2D eigenvalue weighted by atomic mass is 10.2. The third-order valence-corrected chi connectivity index (χ3v) is 7.81. The minimum atomic E-state index is -0.405. The minimum Gasteiger partial charge on any atom is -0.330 e. The van der Waals surface area contributed by atoms with Crippen LogP contribution in [-0.2, 0) is 0 Å². The average molecular weight is 191 g/mol. The maximum atomic E-state index is 5.51. The summed E-state index contributed by atoms with van der Waals surface area (Å²) in [6.07, 6.45) is 7.37. The lowest BCUT2D eigenvalue weighted by Gasteiger charge is -2.42. The molecule has 0 heterocycles. The Morgan fingerprint density at radius 1 is 1.17 bits per heavy atom. The summed E-state index contributed by atoms with van der Waals surface area (Å²) < 4.78 is 0. The number of hydrogen-bond donors (Lipinski definition) is 1. The second-order valence-electron chi connectivity index (χ2n) is 4.28. The molecule has 1 atom stereocenters. The molecule has 0 spiro atoms. The van der Waals surface area contributed by atoms with Crippen LogP contribution in [0.4, 0.5) is 0 Å². The van der Waals surface area contributed by atoms with Crippen molar-refractivity contribution in [1.29, 1.82) is 0 Å². The van der Waals surface area contributed by atoms with E-state index in [2.05, 4.69) is 33.3 Å². The maximum Gasteiger partial charge on any atom is -0.00769 e. The van der Waals surface area contributed by atoms with Gasteiger partial charge in [-0.05, 0) is 42.4 Å². The van der Waals surface area contributed by atoms with Gasteiger partial charge in [-0.15, -0.1) is 0 Å². The molecule has 0 saturated carbocycles. The van der Waals surface area contributed by atoms with Crippen molar-refractivity contribution in [2.24, 2.45) is 5.73 Å². The van der Waals surface area contributed by atoms with E-state index in [9.17, 15) is 0 Å². The molecule has 0 aromatic carbocycles. The maximum absolute atomic E-state index is 5.51. The van der Waals surface area contributed by atoms with Gasteiger partial charge < -0.3 is 5.73 Å². The topological polar surface area (TPSA) is 26.0 Å². The molecule has 0 aliphatic carbocycles. The average Bonchev–Trinajstić information content (AvgIpc) is 1.99. The van der Waals surface area contributed by atoms with Gasteiger partial charge in [0.05, 0.1) is 0 Å². The monoisotopic (exact) mass is 191 g/mol. The van der Waals surface area contributed by atoms with Crippen molar-refractivity contribution in [2.45, 2.75) is 44.1 Å². The van der Waals surface area contributed by atoms with Crippen molar-refractivity contribution in [3.8, 4) is 0 Å². The van der Waals surface area contributed by atoms with Gasteiger partial charge in [0.2, 0.25) is 0 Å². The van der Waals surface area contributed by atoms with Crippen LogP contribution in [0.3, 0.4) is 0 Å². The van der Waals surface area contributed by atoms with Crippen LogP contribution in [-0.4, -0.2) is 29.6 Å². The Hall–Kier alpha value is 0.310. The van der Waals surface area contributed by atoms with Crippen LogP contribution in [0.2, 0.25) is 0 Å². The fraction of sp³-hybridized carbons (Fsp3) is 1.00. The van der Waals surface area contributed by atoms with Crippen molar-refractivity contribution in [3.63, 3.8) is 0 Å². The molecule has 0 saturated heterocycles. The normalized spacial score (nSPS) is 16.6. The van der Waals surface area contributed by atoms with Crippen LogP contribution >= 0.6 is 10.0 Å². The number of rotatable bonds is 5. The van der Waals surface area contributed by atoms with Crippen LogP contribution in [0.1, 0.15) is 33.6 Å². The van der Waals surface area contributed by atoms with Gasteiger partial charge in [0.1, 0.15) is 0 Å². The predicted octanol–water partition coefficient (Wildman–Crippen LogP) is 2.59. The van der Waals surface area contributed by atoms with E-state index < -0.39 is 10.0 Å². The molecule has 0 bridgehead atoms. The largest absolute Gasteiger partial charge is 0.330 e. The molecule has 1 nitrogen and oxygen atoms in total. The van der Waals surface area contributed by atoms with E-state index in [1.165, 1.54) is 12.8 Å². The summed E-state index contributed by atoms with van der Waals surface area (Å²) in [5.41, 5.74) is 5.51. The molecular weight excluding hydrogens is 166 g/mol. The fourth-order valence-corrected chi connectivity index (χ4v) is 2.88. The molecule has 0 aliphatic rings. The molecule has 12 heavy (non-hydrogen) atoms. The zero-order valence-corrected chi connectivity index (χ0v) is 10.1. The first kappa shape index (κ1) is 12.3. The minimum absolute atomic E-state index is 0.405. The molecule has 0 aromatic heterocycles. The van der Waals surface area contributed by atoms with E-state index in [4.69, 9.17) is 5.73 Å². The Balaban J connectivity index is 3.97. The molecule has 1 unspecified atom stereocenters. The molecule has 0 fully saturated rings. The third-order valence-electron chi connectivity index (χ3n) is 3.07. The van der Waals surface area contributed by atoms with Gasteiger partial charge in [0, 0.05) is 0 Å². The van der Waals surface area contributed by atoms with Crippen LogP contribution in [0, 0.1) is 0 Å². The smallest absolute Gasteiger partial charge is 0.00769 e. The highest BCUT2D eigenvalue weighted by molar-refractivity contribution is 8.33. The van der Waals surface area contributed by atoms with Crippen LogP contribution in [0.15, 0.2) is 0 Å². The predicted molar refractivity (Wildman–Crippen MR) is 62.3 cm³/mol. The van der Waals surface area contributed by atoms with Gasteiger partial charge in [-0.25, -0.2) is 10.0 Å². The summed E-state index contributed by atoms with van der Waals surface area (Å²) in [6.45, 7) is 7.91. The first-order valence-corrected chi connectivity index (χ1v) is 7.41. The zero-order chi connectivity index (χ0) is 9.78. The molecule has 76 valence electrons. The number of nitrogens with two attached hydrogens (primary N) is 1. The summed E-state index contributed by atoms with van der Waals surface area (Å²) in [7, 11) is -0.405. The van der Waals surface area contributed by atoms with Crippen molar-refractivity contribution >= 4 is 10.0 Å². The summed E-state index contributed by atoms with van der Waals surface area (Å²) in [4.78, 5) is 0. The van der Waals surface area contributed by atoms with Crippen molar-refractivity contribution in [3.05, 3.63) is 0 Å². The van der Waals surface area contributed by atoms with Crippen LogP contribution < -0.4 is 5.73 Å². The van der Waals surface area contributed by atoms with E-state index in [1.807, 2.05) is 0 Å². The summed E-state index contributed by atoms with van der Waals surface area (Å²) in [5, 5.41) is 1.70. The van der Waals surface area contributed by atoms with Crippen molar-refractivity contribution in [1.82, 2.24) is 0 Å². The molecule has 0 aromatic rings. The highest BCUT2D eigenvalue weighted by Gasteiger charge is 2.22. The summed E-state index contributed by atoms with van der Waals surface area (Å²) in [6, 6.07) is 0. The fourth-order valence-electron chi connectivity index (χ4n) is 1.17. The second-order valence-corrected chi connectivity index (χ2v) is 9.00. The van der Waals surface area contributed by atoms with E-state index in [0.717, 1.165) is 17.0 Å². The standard InChI is InChI=1S/C10H25NS/c1-9(2)12(4,5)10(3)7-6-8-11/h9-10H,6-8,11H2,1-5H3. The lowest BCUT2D eigenvalue weighted by Crippen LogP contribution is -2.21. The molecule has 0 radical (unpaired) electrons. The van der Waals surface area contributed by atoms with E-state index >= 15 is 0 Å². The van der Waals surface area contributed by atoms with Crippen LogP contribution in [0.5, 0.6) is 0 Å². The van der Waals surface area contributed by atoms with E-state index in [0.29, 0.717) is 0 Å². The highest BCUT2D eigenvalue weighted by Crippen LogP contribution is 2.51. The SMILES string of the molecule is CC(C)S(C)(C)C(C)CCCN. The molecule has 0 amide bonds. The Morgan fingerprint density at radius 3 is 2.00 bits per heavy atom. The Morgan fingerprint density at radius 2 is 1.67 bits per heavy atom. The zero-order valence-electron chi connectivity index (χ0n) is 9.26. The number of hydrogen-bond acceptors (Lipinski definition) is 1. The first-order chi connectivity index (χ1) is 5.42. The molecule has 0 aliphatic heterocycles. The molecule has 2 heteroatoms. The van der Waals surface area contributed by atoms with E-state index in [-0.39, 0.29) is 0 Å². The van der Waals surface area contributed by atoms with Gasteiger partial charge in [-0.2, -0.15) is 0 Å². The second kappa shape index (κ2) is 5.13. The highest BCUT2D eigenvalue weighted by atomic mass is 32.3. The van der Waals surface area contributed by atoms with Gasteiger partial charge >= 0.3 is 0 Å². The van der Waals surface area contributed by atoms with Crippen LogP contribution in [0.25, 0.3) is 0 Å². The van der Waals surface area contributed by atoms with E-state index in [1.54, 1.807) is 0 Å².